The van der Waals surface area contributed by atoms with Crippen LogP contribution >= 0.6 is 0 Å². The van der Waals surface area contributed by atoms with Gasteiger partial charge in [-0.25, -0.2) is 14.8 Å². The van der Waals surface area contributed by atoms with Gasteiger partial charge in [-0.15, -0.1) is 0 Å². The van der Waals surface area contributed by atoms with Gasteiger partial charge < -0.3 is 10.1 Å². The average molecular weight is 812 g/mol. The summed E-state index contributed by atoms with van der Waals surface area (Å²) >= 11 is 0. The number of nitrogens with one attached hydrogen (secondary N) is 1. The van der Waals surface area contributed by atoms with E-state index in [9.17, 15) is 15.2 Å². The maximum atomic E-state index is 11.5. The van der Waals surface area contributed by atoms with Crippen LogP contribution in [0.3, 0.4) is 0 Å². The van der Waals surface area contributed by atoms with Crippen LogP contribution in [-0.2, 0) is 4.79 Å². The summed E-state index contributed by atoms with van der Waals surface area (Å²) in [6.07, 6.45) is 16.0. The number of allylic oxidation sites excluding steroid dienone is 8. The number of benzene rings is 5. The van der Waals surface area contributed by atoms with E-state index in [1.165, 1.54) is 6.08 Å². The van der Waals surface area contributed by atoms with Crippen molar-refractivity contribution in [3.05, 3.63) is 267 Å². The standard InChI is InChI=1S/C56H37N5O2/c57-35-43(56(62)63)33-37-23-21-36(22-24-37)25-26-42-34-50-53(40-17-9-3-10-18-40)48-30-29-46(59-48)51(38-13-5-1-6-14-38)44-27-28-45(58-44)52(39-15-7-2-8-16-39)47-31-32-49(60-47)54(55(42)61-50)41-19-11-4-12-20-41/h1-34,51,58H,(H,62,63)/b26-25+,43-33+,52-47?,53-48-,55-54-. The first-order chi connectivity index (χ1) is 31.0. The first kappa shape index (κ1) is 38.5. The highest BCUT2D eigenvalue weighted by molar-refractivity contribution is 6.36. The molecule has 7 heteroatoms. The molecule has 1 aromatic heterocycles. The van der Waals surface area contributed by atoms with E-state index >= 15 is 0 Å². The number of aromatic nitrogens is 1. The van der Waals surface area contributed by atoms with Crippen LogP contribution in [0.2, 0.25) is 0 Å². The zero-order valence-electron chi connectivity index (χ0n) is 33.9. The zero-order valence-corrected chi connectivity index (χ0v) is 33.9. The number of H-pyrrole nitrogens is 1. The van der Waals surface area contributed by atoms with Gasteiger partial charge in [0.25, 0.3) is 0 Å². The molecule has 63 heavy (non-hydrogen) atoms. The van der Waals surface area contributed by atoms with Gasteiger partial charge in [0.1, 0.15) is 11.6 Å². The summed E-state index contributed by atoms with van der Waals surface area (Å²) in [4.78, 5) is 31.8. The van der Waals surface area contributed by atoms with Gasteiger partial charge in [0.05, 0.1) is 40.1 Å². The van der Waals surface area contributed by atoms with E-state index in [1.807, 2.05) is 66.7 Å². The number of nitrogens with zero attached hydrogens (tertiary/aromatic N) is 4. The molecule has 4 aliphatic heterocycles. The Morgan fingerprint density at radius 2 is 1.17 bits per heavy atom. The van der Waals surface area contributed by atoms with Crippen LogP contribution in [0.4, 0.5) is 0 Å². The van der Waals surface area contributed by atoms with Gasteiger partial charge in [0, 0.05) is 33.7 Å². The lowest BCUT2D eigenvalue weighted by molar-refractivity contribution is -0.132. The second kappa shape index (κ2) is 16.7. The third-order valence-electron chi connectivity index (χ3n) is 11.3. The van der Waals surface area contributed by atoms with Gasteiger partial charge >= 0.3 is 5.97 Å². The van der Waals surface area contributed by atoms with Crippen molar-refractivity contribution < 1.29 is 9.90 Å². The molecule has 0 amide bonds. The van der Waals surface area contributed by atoms with Gasteiger partial charge in [-0.2, -0.15) is 5.26 Å². The summed E-state index contributed by atoms with van der Waals surface area (Å²) in [5.74, 6) is -1.45. The number of aliphatic carboxylic acids is 1. The van der Waals surface area contributed by atoms with Gasteiger partial charge in [-0.05, 0) is 82.0 Å². The van der Waals surface area contributed by atoms with Crippen LogP contribution in [0.25, 0.3) is 28.9 Å². The number of carboxylic acid groups (broad SMARTS) is 1. The van der Waals surface area contributed by atoms with E-state index in [0.717, 1.165) is 95.7 Å². The maximum absolute atomic E-state index is 11.5. The van der Waals surface area contributed by atoms with Crippen molar-refractivity contribution >= 4 is 52.0 Å². The minimum absolute atomic E-state index is 0.184. The van der Waals surface area contributed by atoms with E-state index in [0.29, 0.717) is 5.56 Å². The Balaban J connectivity index is 1.23. The van der Waals surface area contributed by atoms with Gasteiger partial charge in [0.15, 0.2) is 0 Å². The van der Waals surface area contributed by atoms with Crippen LogP contribution in [0.5, 0.6) is 0 Å². The van der Waals surface area contributed by atoms with Gasteiger partial charge in [-0.1, -0.05) is 158 Å². The Morgan fingerprint density at radius 3 is 1.83 bits per heavy atom. The number of fused-ring (bicyclic) bond motifs is 5. The molecule has 10 rings (SSSR count). The minimum Gasteiger partial charge on any atom is -0.477 e. The third kappa shape index (κ3) is 7.65. The van der Waals surface area contributed by atoms with E-state index < -0.39 is 5.97 Å². The van der Waals surface area contributed by atoms with Crippen LogP contribution in [0.15, 0.2) is 237 Å². The first-order valence-electron chi connectivity index (χ1n) is 20.6. The molecule has 0 fully saturated rings. The average Bonchev–Trinajstić information content (AvgIpc) is 4.17. The number of aromatic amines is 1. The lowest BCUT2D eigenvalue weighted by atomic mass is 9.91. The molecule has 298 valence electrons. The zero-order chi connectivity index (χ0) is 42.7. The summed E-state index contributed by atoms with van der Waals surface area (Å²) in [7, 11) is 0. The fourth-order valence-electron chi connectivity index (χ4n) is 8.37. The summed E-state index contributed by atoms with van der Waals surface area (Å²) in [6, 6.07) is 54.9. The molecule has 8 bridgehead atoms. The molecule has 0 saturated carbocycles. The number of hydrogen-bond donors (Lipinski definition) is 2. The van der Waals surface area contributed by atoms with E-state index in [1.54, 1.807) is 18.2 Å². The molecular weight excluding hydrogens is 775 g/mol. The first-order valence-corrected chi connectivity index (χ1v) is 20.6. The topological polar surface area (TPSA) is 114 Å². The number of rotatable bonds is 8. The van der Waals surface area contributed by atoms with Crippen molar-refractivity contribution in [3.63, 3.8) is 0 Å². The van der Waals surface area contributed by atoms with Crippen molar-refractivity contribution in [1.82, 2.24) is 4.98 Å². The highest BCUT2D eigenvalue weighted by Crippen LogP contribution is 2.41. The Morgan fingerprint density at radius 1 is 0.587 bits per heavy atom. The van der Waals surface area contributed by atoms with Crippen molar-refractivity contribution in [2.75, 3.05) is 0 Å². The van der Waals surface area contributed by atoms with Crippen LogP contribution in [-0.4, -0.2) is 33.2 Å². The largest absolute Gasteiger partial charge is 0.477 e. The molecule has 1 unspecified atom stereocenters. The second-order valence-electron chi connectivity index (χ2n) is 15.3. The number of carboxylic acids is 1. The van der Waals surface area contributed by atoms with Gasteiger partial charge in [-0.3, -0.25) is 4.99 Å². The predicted molar refractivity (Wildman–Crippen MR) is 254 cm³/mol. The normalized spacial score (nSPS) is 19.2. The lowest BCUT2D eigenvalue weighted by Gasteiger charge is -2.17. The van der Waals surface area contributed by atoms with Crippen molar-refractivity contribution in [2.45, 2.75) is 5.92 Å². The third-order valence-corrected chi connectivity index (χ3v) is 11.3. The molecule has 2 N–H and O–H groups in total. The lowest BCUT2D eigenvalue weighted by Crippen LogP contribution is -2.12. The molecule has 0 radical (unpaired) electrons. The summed E-state index contributed by atoms with van der Waals surface area (Å²) < 4.78 is 0. The quantitative estimate of drug-likeness (QED) is 0.118. The second-order valence-corrected chi connectivity index (χ2v) is 15.3. The molecule has 5 heterocycles. The van der Waals surface area contributed by atoms with Crippen LogP contribution in [0, 0.1) is 11.3 Å². The Kier molecular flexibility index (Phi) is 10.2. The monoisotopic (exact) mass is 811 g/mol. The fraction of sp³-hybridized carbons (Fsp3) is 0.0179. The van der Waals surface area contributed by atoms with Crippen LogP contribution < -0.4 is 0 Å². The SMILES string of the molecule is N#C/C(=C\c1ccc(/C=C/C2=CC3=NC/2=C(/c2ccccc2)C2=NC(=C(c4ccccc4)c4ccc([nH]4)C(c4ccccc4)C4=N/C(=C\3c3ccccc3)C=C4)C=C2)cc1)C(=O)O. The number of aliphatic imine (C=N–C) groups is 3. The number of carbonyl (C=O) groups is 1. The molecule has 4 aliphatic rings. The molecule has 0 aliphatic carbocycles. The number of hydrogen-bond acceptors (Lipinski definition) is 5. The molecule has 0 spiro atoms. The summed E-state index contributed by atoms with van der Waals surface area (Å²) in [5.41, 5.74) is 15.7. The molecule has 1 atom stereocenters. The summed E-state index contributed by atoms with van der Waals surface area (Å²) in [6.45, 7) is 0. The van der Waals surface area contributed by atoms with E-state index in [-0.39, 0.29) is 11.5 Å². The highest BCUT2D eigenvalue weighted by Gasteiger charge is 2.30. The molecular formula is C56H37N5O2. The Bertz CT molecular complexity index is 3200. The van der Waals surface area contributed by atoms with E-state index in [4.69, 9.17) is 15.0 Å². The predicted octanol–water partition coefficient (Wildman–Crippen LogP) is 11.8. The van der Waals surface area contributed by atoms with Crippen molar-refractivity contribution in [2.24, 2.45) is 15.0 Å². The molecule has 0 saturated heterocycles. The molecule has 6 aromatic rings. The highest BCUT2D eigenvalue weighted by atomic mass is 16.4. The molecule has 7 nitrogen and oxygen atoms in total. The number of nitriles is 1. The van der Waals surface area contributed by atoms with Crippen LogP contribution in [0.1, 0.15) is 50.7 Å². The summed E-state index contributed by atoms with van der Waals surface area (Å²) in [5, 5.41) is 18.7. The van der Waals surface area contributed by atoms with Crippen molar-refractivity contribution in [1.29, 1.82) is 5.26 Å². The van der Waals surface area contributed by atoms with Crippen molar-refractivity contribution in [3.8, 4) is 6.07 Å². The minimum atomic E-state index is -1.26. The van der Waals surface area contributed by atoms with E-state index in [2.05, 4.69) is 126 Å². The Hall–Kier alpha value is -8.73. The molecule has 5 aromatic carbocycles. The maximum Gasteiger partial charge on any atom is 0.346 e. The Labute approximate surface area is 364 Å². The fourth-order valence-corrected chi connectivity index (χ4v) is 8.37. The smallest absolute Gasteiger partial charge is 0.346 e. The van der Waals surface area contributed by atoms with Gasteiger partial charge in [0.2, 0.25) is 0 Å².